The van der Waals surface area contributed by atoms with Crippen LogP contribution in [0.3, 0.4) is 0 Å². The van der Waals surface area contributed by atoms with Crippen molar-refractivity contribution in [3.8, 4) is 5.75 Å². The quantitative estimate of drug-likeness (QED) is 0.437. The number of thiophene rings is 1. The molecule has 1 aromatic heterocycles. The summed E-state index contributed by atoms with van der Waals surface area (Å²) in [7, 11) is 0. The van der Waals surface area contributed by atoms with E-state index in [1.165, 1.54) is 10.4 Å². The monoisotopic (exact) mass is 470 g/mol. The van der Waals surface area contributed by atoms with Crippen LogP contribution in [0.5, 0.6) is 5.75 Å². The van der Waals surface area contributed by atoms with Gasteiger partial charge >= 0.3 is 12.0 Å². The minimum absolute atomic E-state index is 0.0250. The number of hydrogen-bond acceptors (Lipinski definition) is 5. The van der Waals surface area contributed by atoms with Crippen molar-refractivity contribution in [1.29, 1.82) is 0 Å². The molecule has 2 heterocycles. The average molecular weight is 471 g/mol. The van der Waals surface area contributed by atoms with Crippen molar-refractivity contribution in [2.24, 2.45) is 5.92 Å². The molecule has 8 heteroatoms. The predicted octanol–water partition coefficient (Wildman–Crippen LogP) is 4.50. The Bertz CT molecular complexity index is 979. The van der Waals surface area contributed by atoms with Crippen LogP contribution in [-0.4, -0.2) is 47.0 Å². The molecule has 0 saturated heterocycles. The largest absolute Gasteiger partial charge is 0.490 e. The maximum atomic E-state index is 12.5. The number of ketones is 1. The molecule has 176 valence electrons. The molecule has 2 amide bonds. The van der Waals surface area contributed by atoms with Crippen molar-refractivity contribution in [2.45, 2.75) is 57.6 Å². The number of hydrogen-bond donors (Lipinski definition) is 2. The number of benzene rings is 1. The van der Waals surface area contributed by atoms with Crippen LogP contribution in [0.4, 0.5) is 4.79 Å². The first kappa shape index (κ1) is 23.3. The highest BCUT2D eigenvalue weighted by Gasteiger charge is 2.27. The summed E-state index contributed by atoms with van der Waals surface area (Å²) in [4.78, 5) is 39.1. The molecular weight excluding hydrogens is 440 g/mol. The lowest BCUT2D eigenvalue weighted by Gasteiger charge is -2.27. The van der Waals surface area contributed by atoms with E-state index < -0.39 is 5.97 Å². The third kappa shape index (κ3) is 6.13. The molecule has 0 atom stereocenters. The summed E-state index contributed by atoms with van der Waals surface area (Å²) in [5, 5.41) is 14.1. The molecular formula is C25H30N2O5S. The third-order valence-corrected chi connectivity index (χ3v) is 7.48. The fraction of sp³-hybridized carbons (Fsp3) is 0.480. The number of aliphatic carboxylic acids is 1. The molecule has 1 fully saturated rings. The summed E-state index contributed by atoms with van der Waals surface area (Å²) in [6.45, 7) is 1.85. The Labute approximate surface area is 197 Å². The van der Waals surface area contributed by atoms with Gasteiger partial charge in [0.25, 0.3) is 0 Å². The van der Waals surface area contributed by atoms with Crippen molar-refractivity contribution >= 4 is 29.1 Å². The third-order valence-electron chi connectivity index (χ3n) is 6.45. The number of amides is 2. The predicted molar refractivity (Wildman–Crippen MR) is 126 cm³/mol. The highest BCUT2D eigenvalue weighted by Crippen LogP contribution is 2.28. The molecule has 0 spiro atoms. The van der Waals surface area contributed by atoms with Gasteiger partial charge in [0.1, 0.15) is 5.75 Å². The first-order valence-corrected chi connectivity index (χ1v) is 12.5. The lowest BCUT2D eigenvalue weighted by atomic mass is 9.87. The van der Waals surface area contributed by atoms with Gasteiger partial charge in [-0.25, -0.2) is 4.79 Å². The van der Waals surface area contributed by atoms with Gasteiger partial charge in [-0.15, -0.1) is 11.3 Å². The summed E-state index contributed by atoms with van der Waals surface area (Å²) < 4.78 is 5.96. The zero-order valence-electron chi connectivity index (χ0n) is 18.6. The van der Waals surface area contributed by atoms with Crippen molar-refractivity contribution < 1.29 is 24.2 Å². The minimum atomic E-state index is -0.723. The summed E-state index contributed by atoms with van der Waals surface area (Å²) in [6, 6.07) is 9.15. The molecule has 4 rings (SSSR count). The van der Waals surface area contributed by atoms with Gasteiger partial charge in [0, 0.05) is 36.5 Å². The second-order valence-electron chi connectivity index (χ2n) is 8.75. The Kier molecular flexibility index (Phi) is 7.65. The Morgan fingerprint density at radius 2 is 1.85 bits per heavy atom. The standard InChI is InChI=1S/C25H30N2O5S/c28-22(2-1-13-26-25(31)27-14-11-23-19(16-27)12-15-33-23)17-3-7-20(8-4-17)32-21-9-5-18(6-10-21)24(29)30/h3-4,7-8,12,15,18,21H,1-2,5-6,9-11,13-14,16H2,(H,26,31)(H,29,30). The number of fused-ring (bicyclic) bond motifs is 1. The van der Waals surface area contributed by atoms with Gasteiger partial charge in [-0.05, 0) is 79.8 Å². The van der Waals surface area contributed by atoms with Gasteiger partial charge in [-0.2, -0.15) is 0 Å². The van der Waals surface area contributed by atoms with E-state index in [1.54, 1.807) is 35.6 Å². The van der Waals surface area contributed by atoms with Crippen LogP contribution in [0.15, 0.2) is 35.7 Å². The molecule has 7 nitrogen and oxygen atoms in total. The molecule has 1 aliphatic carbocycles. The van der Waals surface area contributed by atoms with E-state index in [4.69, 9.17) is 9.84 Å². The van der Waals surface area contributed by atoms with E-state index in [2.05, 4.69) is 16.8 Å². The zero-order valence-corrected chi connectivity index (χ0v) is 19.4. The second kappa shape index (κ2) is 10.8. The number of rotatable bonds is 8. The smallest absolute Gasteiger partial charge is 0.317 e. The first-order chi connectivity index (χ1) is 16.0. The number of carboxylic acids is 1. The van der Waals surface area contributed by atoms with E-state index in [0.29, 0.717) is 50.1 Å². The molecule has 0 radical (unpaired) electrons. The maximum Gasteiger partial charge on any atom is 0.317 e. The number of carbonyl (C=O) groups excluding carboxylic acids is 2. The SMILES string of the molecule is O=C(CCCNC(=O)N1CCc2sccc2C1)c1ccc(OC2CCC(C(=O)O)CC2)cc1. The summed E-state index contributed by atoms with van der Waals surface area (Å²) in [6.07, 6.45) is 4.63. The van der Waals surface area contributed by atoms with Gasteiger partial charge in [-0.3, -0.25) is 9.59 Å². The van der Waals surface area contributed by atoms with Crippen LogP contribution < -0.4 is 10.1 Å². The zero-order chi connectivity index (χ0) is 23.2. The topological polar surface area (TPSA) is 95.9 Å². The van der Waals surface area contributed by atoms with Crippen LogP contribution in [0, 0.1) is 5.92 Å². The van der Waals surface area contributed by atoms with E-state index in [-0.39, 0.29) is 23.8 Å². The van der Waals surface area contributed by atoms with Crippen LogP contribution in [0.1, 0.15) is 59.3 Å². The van der Waals surface area contributed by atoms with Crippen molar-refractivity contribution in [3.05, 3.63) is 51.7 Å². The van der Waals surface area contributed by atoms with Gasteiger partial charge in [-0.1, -0.05) is 0 Å². The van der Waals surface area contributed by atoms with Crippen LogP contribution in [-0.2, 0) is 17.8 Å². The highest BCUT2D eigenvalue weighted by molar-refractivity contribution is 7.10. The molecule has 0 bridgehead atoms. The van der Waals surface area contributed by atoms with Gasteiger partial charge < -0.3 is 20.1 Å². The molecule has 2 N–H and O–H groups in total. The normalized spacial score (nSPS) is 20.1. The second-order valence-corrected chi connectivity index (χ2v) is 9.75. The Balaban J connectivity index is 1.15. The molecule has 2 aliphatic rings. The van der Waals surface area contributed by atoms with Crippen molar-refractivity contribution in [1.82, 2.24) is 10.2 Å². The van der Waals surface area contributed by atoms with E-state index in [0.717, 1.165) is 25.8 Å². The minimum Gasteiger partial charge on any atom is -0.490 e. The van der Waals surface area contributed by atoms with Crippen LogP contribution in [0.2, 0.25) is 0 Å². The van der Waals surface area contributed by atoms with E-state index >= 15 is 0 Å². The first-order valence-electron chi connectivity index (χ1n) is 11.6. The Morgan fingerprint density at radius 1 is 1.09 bits per heavy atom. The molecule has 0 unspecified atom stereocenters. The molecule has 1 saturated carbocycles. The lowest BCUT2D eigenvalue weighted by Crippen LogP contribution is -2.42. The van der Waals surface area contributed by atoms with E-state index in [9.17, 15) is 14.4 Å². The number of carbonyl (C=O) groups is 3. The lowest BCUT2D eigenvalue weighted by molar-refractivity contribution is -0.143. The van der Waals surface area contributed by atoms with Crippen molar-refractivity contribution in [2.75, 3.05) is 13.1 Å². The van der Waals surface area contributed by atoms with Crippen LogP contribution >= 0.6 is 11.3 Å². The number of nitrogens with one attached hydrogen (secondary N) is 1. The Hall–Kier alpha value is -2.87. The average Bonchev–Trinajstić information content (AvgIpc) is 3.30. The number of Topliss-reactive ketones (excluding diaryl/α,β-unsaturated/α-hetero) is 1. The number of ether oxygens (including phenoxy) is 1. The summed E-state index contributed by atoms with van der Waals surface area (Å²) in [5.41, 5.74) is 1.86. The molecule has 33 heavy (non-hydrogen) atoms. The number of nitrogens with zero attached hydrogens (tertiary/aromatic N) is 1. The van der Waals surface area contributed by atoms with Gasteiger partial charge in [0.15, 0.2) is 5.78 Å². The highest BCUT2D eigenvalue weighted by atomic mass is 32.1. The fourth-order valence-electron chi connectivity index (χ4n) is 4.46. The number of carboxylic acid groups (broad SMARTS) is 1. The molecule has 1 aliphatic heterocycles. The van der Waals surface area contributed by atoms with Crippen molar-refractivity contribution in [3.63, 3.8) is 0 Å². The summed E-state index contributed by atoms with van der Waals surface area (Å²) in [5.74, 6) is -0.242. The van der Waals surface area contributed by atoms with Crippen LogP contribution in [0.25, 0.3) is 0 Å². The molecule has 2 aromatic rings. The van der Waals surface area contributed by atoms with Gasteiger partial charge in [0.05, 0.1) is 12.0 Å². The number of urea groups is 1. The van der Waals surface area contributed by atoms with Gasteiger partial charge in [0.2, 0.25) is 0 Å². The van der Waals surface area contributed by atoms with E-state index in [1.807, 2.05) is 4.90 Å². The maximum absolute atomic E-state index is 12.5. The molecule has 1 aromatic carbocycles. The Morgan fingerprint density at radius 3 is 2.58 bits per heavy atom. The fourth-order valence-corrected chi connectivity index (χ4v) is 5.35. The summed E-state index contributed by atoms with van der Waals surface area (Å²) >= 11 is 1.75.